The molecule has 1 amide bonds. The second kappa shape index (κ2) is 5.93. The van der Waals surface area contributed by atoms with Crippen LogP contribution in [0.15, 0.2) is 33.7 Å². The second-order valence-electron chi connectivity index (χ2n) is 4.06. The molecule has 0 unspecified atom stereocenters. The van der Waals surface area contributed by atoms with Gasteiger partial charge in [0.1, 0.15) is 4.90 Å². The molecule has 0 saturated carbocycles. The van der Waals surface area contributed by atoms with Crippen LogP contribution in [0.25, 0.3) is 0 Å². The normalized spacial score (nSPS) is 11.0. The Morgan fingerprint density at radius 1 is 1.27 bits per heavy atom. The van der Waals surface area contributed by atoms with Crippen molar-refractivity contribution in [3.63, 3.8) is 0 Å². The van der Waals surface area contributed by atoms with E-state index >= 15 is 0 Å². The summed E-state index contributed by atoms with van der Waals surface area (Å²) in [6.45, 7) is 1.45. The Bertz CT molecular complexity index is 827. The van der Waals surface area contributed by atoms with Gasteiger partial charge in [0.05, 0.1) is 12.7 Å². The summed E-state index contributed by atoms with van der Waals surface area (Å²) < 4.78 is 35.3. The van der Waals surface area contributed by atoms with Crippen molar-refractivity contribution in [2.24, 2.45) is 0 Å². The zero-order valence-corrected chi connectivity index (χ0v) is 12.4. The average Bonchev–Trinajstić information content (AvgIpc) is 2.93. The van der Waals surface area contributed by atoms with Crippen LogP contribution in [-0.4, -0.2) is 37.5 Å². The zero-order chi connectivity index (χ0) is 16.3. The van der Waals surface area contributed by atoms with Gasteiger partial charge in [0.15, 0.2) is 0 Å². The van der Waals surface area contributed by atoms with Gasteiger partial charge in [-0.25, -0.2) is 17.9 Å². The van der Waals surface area contributed by atoms with Gasteiger partial charge in [0.2, 0.25) is 5.89 Å². The number of benzene rings is 1. The fourth-order valence-corrected chi connectivity index (χ4v) is 2.74. The molecular weight excluding hydrogens is 314 g/mol. The number of aryl methyl sites for hydroxylation is 1. The number of sulfonamides is 1. The summed E-state index contributed by atoms with van der Waals surface area (Å²) in [5, 5.41) is 3.31. The summed E-state index contributed by atoms with van der Waals surface area (Å²) >= 11 is 0. The molecule has 116 valence electrons. The smallest absolute Gasteiger partial charge is 0.339 e. The summed E-state index contributed by atoms with van der Waals surface area (Å²) in [5.74, 6) is -2.24. The van der Waals surface area contributed by atoms with Gasteiger partial charge in [-0.05, 0) is 12.1 Å². The molecule has 0 aliphatic rings. The SMILES string of the molecule is COC(=O)c1ccccc1S(=O)(=O)NC(=O)c1noc(C)n1. The van der Waals surface area contributed by atoms with Crippen LogP contribution in [0.5, 0.6) is 0 Å². The first-order chi connectivity index (χ1) is 10.3. The molecule has 0 saturated heterocycles. The van der Waals surface area contributed by atoms with Crippen LogP contribution in [0, 0.1) is 6.92 Å². The third kappa shape index (κ3) is 3.11. The first-order valence-electron chi connectivity index (χ1n) is 5.90. The van der Waals surface area contributed by atoms with E-state index in [0.29, 0.717) is 0 Å². The van der Waals surface area contributed by atoms with E-state index in [1.807, 2.05) is 0 Å². The Kier molecular flexibility index (Phi) is 4.22. The number of aromatic nitrogens is 2. The molecule has 22 heavy (non-hydrogen) atoms. The lowest BCUT2D eigenvalue weighted by Gasteiger charge is -2.08. The number of carbonyl (C=O) groups is 2. The summed E-state index contributed by atoms with van der Waals surface area (Å²) in [4.78, 5) is 26.6. The van der Waals surface area contributed by atoms with Gasteiger partial charge in [0.25, 0.3) is 15.8 Å². The molecule has 9 nitrogen and oxygen atoms in total. The largest absolute Gasteiger partial charge is 0.465 e. The van der Waals surface area contributed by atoms with Crippen molar-refractivity contribution in [2.45, 2.75) is 11.8 Å². The molecule has 1 aromatic heterocycles. The molecular formula is C12H11N3O6S. The van der Waals surface area contributed by atoms with Gasteiger partial charge in [-0.2, -0.15) is 4.98 Å². The lowest BCUT2D eigenvalue weighted by molar-refractivity contribution is 0.0596. The summed E-state index contributed by atoms with van der Waals surface area (Å²) in [6.07, 6.45) is 0. The number of ether oxygens (including phenoxy) is 1. The zero-order valence-electron chi connectivity index (χ0n) is 11.6. The summed E-state index contributed by atoms with van der Waals surface area (Å²) in [5.41, 5.74) is -0.199. The Morgan fingerprint density at radius 3 is 2.55 bits per heavy atom. The predicted octanol–water partition coefficient (Wildman–Crippen LogP) is 0.283. The maximum atomic E-state index is 12.2. The predicted molar refractivity (Wildman–Crippen MR) is 71.5 cm³/mol. The molecule has 2 aromatic rings. The van der Waals surface area contributed by atoms with Crippen LogP contribution in [0.1, 0.15) is 26.9 Å². The molecule has 0 aliphatic carbocycles. The van der Waals surface area contributed by atoms with Crippen molar-refractivity contribution in [1.82, 2.24) is 14.9 Å². The number of amides is 1. The summed E-state index contributed by atoms with van der Waals surface area (Å²) in [6, 6.07) is 5.31. The highest BCUT2D eigenvalue weighted by Gasteiger charge is 2.26. The van der Waals surface area contributed by atoms with Gasteiger partial charge < -0.3 is 9.26 Å². The Hall–Kier alpha value is -2.75. The second-order valence-corrected chi connectivity index (χ2v) is 5.71. The van der Waals surface area contributed by atoms with Crippen molar-refractivity contribution in [3.8, 4) is 0 Å². The highest BCUT2D eigenvalue weighted by atomic mass is 32.2. The minimum absolute atomic E-state index is 0.109. The minimum atomic E-state index is -4.31. The Labute approximate surface area is 125 Å². The first-order valence-corrected chi connectivity index (χ1v) is 7.38. The number of esters is 1. The molecule has 10 heteroatoms. The van der Waals surface area contributed by atoms with Crippen LogP contribution >= 0.6 is 0 Å². The molecule has 0 fully saturated rings. The minimum Gasteiger partial charge on any atom is -0.465 e. The molecule has 1 aromatic carbocycles. The molecule has 1 N–H and O–H groups in total. The van der Waals surface area contributed by atoms with Gasteiger partial charge in [-0.15, -0.1) is 0 Å². The van der Waals surface area contributed by atoms with Gasteiger partial charge in [-0.3, -0.25) is 4.79 Å². The van der Waals surface area contributed by atoms with Gasteiger partial charge >= 0.3 is 11.9 Å². The van der Waals surface area contributed by atoms with Crippen LogP contribution < -0.4 is 4.72 Å². The van der Waals surface area contributed by atoms with Crippen molar-refractivity contribution in [3.05, 3.63) is 41.5 Å². The molecule has 0 aliphatic heterocycles. The van der Waals surface area contributed by atoms with E-state index in [9.17, 15) is 18.0 Å². The van der Waals surface area contributed by atoms with Crippen molar-refractivity contribution < 1.29 is 27.3 Å². The van der Waals surface area contributed by atoms with Crippen LogP contribution in [0.2, 0.25) is 0 Å². The van der Waals surface area contributed by atoms with Crippen LogP contribution in [-0.2, 0) is 14.8 Å². The number of nitrogens with zero attached hydrogens (tertiary/aromatic N) is 2. The van der Waals surface area contributed by atoms with Crippen LogP contribution in [0.3, 0.4) is 0 Å². The number of hydrogen-bond donors (Lipinski definition) is 1. The summed E-state index contributed by atoms with van der Waals surface area (Å²) in [7, 11) is -3.19. The topological polar surface area (TPSA) is 128 Å². The lowest BCUT2D eigenvalue weighted by Crippen LogP contribution is -2.32. The maximum Gasteiger partial charge on any atom is 0.339 e. The first kappa shape index (κ1) is 15.6. The molecule has 2 rings (SSSR count). The Morgan fingerprint density at radius 2 is 1.95 bits per heavy atom. The van der Waals surface area contributed by atoms with E-state index in [2.05, 4.69) is 19.4 Å². The van der Waals surface area contributed by atoms with Gasteiger partial charge in [0, 0.05) is 6.92 Å². The van der Waals surface area contributed by atoms with Crippen molar-refractivity contribution in [1.29, 1.82) is 0 Å². The highest BCUT2D eigenvalue weighted by Crippen LogP contribution is 2.16. The van der Waals surface area contributed by atoms with Crippen molar-refractivity contribution >= 4 is 21.9 Å². The molecule has 0 spiro atoms. The van der Waals surface area contributed by atoms with Crippen molar-refractivity contribution in [2.75, 3.05) is 7.11 Å². The average molecular weight is 325 g/mol. The number of rotatable bonds is 4. The number of nitrogens with one attached hydrogen (secondary N) is 1. The Balaban J connectivity index is 2.35. The number of methoxy groups -OCH3 is 1. The maximum absolute atomic E-state index is 12.2. The fourth-order valence-electron chi connectivity index (χ4n) is 1.59. The van der Waals surface area contributed by atoms with Crippen LogP contribution in [0.4, 0.5) is 0 Å². The van der Waals surface area contributed by atoms with E-state index in [1.54, 1.807) is 4.72 Å². The van der Waals surface area contributed by atoms with E-state index in [1.165, 1.54) is 31.2 Å². The fraction of sp³-hybridized carbons (Fsp3) is 0.167. The number of hydrogen-bond acceptors (Lipinski definition) is 8. The van der Waals surface area contributed by atoms with E-state index in [-0.39, 0.29) is 11.5 Å². The van der Waals surface area contributed by atoms with Gasteiger partial charge in [-0.1, -0.05) is 17.3 Å². The monoisotopic (exact) mass is 325 g/mol. The van der Waals surface area contributed by atoms with E-state index in [4.69, 9.17) is 0 Å². The third-order valence-electron chi connectivity index (χ3n) is 2.54. The quantitative estimate of drug-likeness (QED) is 0.794. The molecule has 0 atom stereocenters. The lowest BCUT2D eigenvalue weighted by atomic mass is 10.2. The molecule has 0 radical (unpaired) electrons. The van der Waals surface area contributed by atoms with E-state index < -0.39 is 32.6 Å². The molecule has 1 heterocycles. The standard InChI is InChI=1S/C12H11N3O6S/c1-7-13-10(14-21-7)11(16)15-22(18,19)9-6-4-3-5-8(9)12(17)20-2/h3-6H,1-2H3,(H,15,16). The number of carbonyl (C=O) groups excluding carboxylic acids is 2. The van der Waals surface area contributed by atoms with E-state index in [0.717, 1.165) is 7.11 Å². The highest BCUT2D eigenvalue weighted by molar-refractivity contribution is 7.90. The third-order valence-corrected chi connectivity index (χ3v) is 3.93. The molecule has 0 bridgehead atoms.